The maximum Gasteiger partial charge on any atom is 0.325 e. The van der Waals surface area contributed by atoms with E-state index >= 15 is 0 Å². The van der Waals surface area contributed by atoms with E-state index in [1.807, 2.05) is 13.8 Å². The maximum atomic E-state index is 12.4. The van der Waals surface area contributed by atoms with Crippen LogP contribution in [0, 0.1) is 5.92 Å². The standard InChI is InChI=1S/C15H19ClN2O3/c1-9(2)15(3)13(20)18(14(21)17-15)8-12(19)10-4-6-11(16)7-5-10/h4-7,9,12,19H,8H2,1-3H3,(H,17,21)/t12-,15+/m1/s1. The fourth-order valence-corrected chi connectivity index (χ4v) is 2.36. The first-order valence-corrected chi connectivity index (χ1v) is 7.21. The highest BCUT2D eigenvalue weighted by Crippen LogP contribution is 2.27. The number of carbonyl (C=O) groups excluding carboxylic acids is 2. The van der Waals surface area contributed by atoms with E-state index < -0.39 is 17.7 Å². The van der Waals surface area contributed by atoms with Crippen LogP contribution >= 0.6 is 11.6 Å². The van der Waals surface area contributed by atoms with E-state index in [0.717, 1.165) is 4.90 Å². The lowest BCUT2D eigenvalue weighted by molar-refractivity contribution is -0.133. The molecule has 0 radical (unpaired) electrons. The SMILES string of the molecule is CC(C)[C@]1(C)NC(=O)N(C[C@@H](O)c2ccc(Cl)cc2)C1=O. The Morgan fingerprint density at radius 2 is 1.86 bits per heavy atom. The molecule has 0 saturated carbocycles. The van der Waals surface area contributed by atoms with Crippen LogP contribution in [0.25, 0.3) is 0 Å². The second kappa shape index (κ2) is 5.66. The van der Waals surface area contributed by atoms with E-state index in [1.54, 1.807) is 31.2 Å². The first-order chi connectivity index (χ1) is 9.75. The summed E-state index contributed by atoms with van der Waals surface area (Å²) in [7, 11) is 0. The number of nitrogens with zero attached hydrogens (tertiary/aromatic N) is 1. The summed E-state index contributed by atoms with van der Waals surface area (Å²) >= 11 is 5.79. The summed E-state index contributed by atoms with van der Waals surface area (Å²) in [6.45, 7) is 5.37. The second-order valence-corrected chi connectivity index (χ2v) is 6.21. The van der Waals surface area contributed by atoms with E-state index in [1.165, 1.54) is 0 Å². The molecule has 1 aliphatic heterocycles. The van der Waals surface area contributed by atoms with E-state index in [2.05, 4.69) is 5.32 Å². The molecule has 0 spiro atoms. The Morgan fingerprint density at radius 3 is 2.33 bits per heavy atom. The van der Waals surface area contributed by atoms with Gasteiger partial charge in [-0.2, -0.15) is 0 Å². The zero-order chi connectivity index (χ0) is 15.8. The van der Waals surface area contributed by atoms with Crippen molar-refractivity contribution in [1.82, 2.24) is 10.2 Å². The number of halogens is 1. The van der Waals surface area contributed by atoms with E-state index in [0.29, 0.717) is 10.6 Å². The molecule has 0 bridgehead atoms. The van der Waals surface area contributed by atoms with Crippen LogP contribution in [0.4, 0.5) is 4.79 Å². The van der Waals surface area contributed by atoms with Crippen molar-refractivity contribution in [2.24, 2.45) is 5.92 Å². The molecule has 1 aliphatic rings. The second-order valence-electron chi connectivity index (χ2n) is 5.77. The Labute approximate surface area is 128 Å². The van der Waals surface area contributed by atoms with Crippen molar-refractivity contribution in [3.05, 3.63) is 34.9 Å². The van der Waals surface area contributed by atoms with Crippen molar-refractivity contribution in [2.45, 2.75) is 32.4 Å². The molecule has 1 fully saturated rings. The van der Waals surface area contributed by atoms with Crippen LogP contribution in [-0.4, -0.2) is 34.0 Å². The van der Waals surface area contributed by atoms with Crippen LogP contribution < -0.4 is 5.32 Å². The third kappa shape index (κ3) is 2.89. The van der Waals surface area contributed by atoms with E-state index in [9.17, 15) is 14.7 Å². The molecule has 114 valence electrons. The fourth-order valence-electron chi connectivity index (χ4n) is 2.24. The molecule has 2 N–H and O–H groups in total. The molecule has 3 amide bonds. The number of carbonyl (C=O) groups is 2. The smallest absolute Gasteiger partial charge is 0.325 e. The van der Waals surface area contributed by atoms with Gasteiger partial charge in [0.05, 0.1) is 12.6 Å². The third-order valence-electron chi connectivity index (χ3n) is 4.07. The highest BCUT2D eigenvalue weighted by Gasteiger charge is 2.49. The molecule has 2 atom stereocenters. The number of benzene rings is 1. The number of aliphatic hydroxyl groups excluding tert-OH is 1. The summed E-state index contributed by atoms with van der Waals surface area (Å²) in [5.74, 6) is -0.345. The number of β-amino-alcohol motifs (C(OH)–C–C–N with tert-alkyl or cyclic N) is 1. The number of hydrogen-bond acceptors (Lipinski definition) is 3. The minimum absolute atomic E-state index is 0.0355. The number of hydrogen-bond donors (Lipinski definition) is 2. The maximum absolute atomic E-state index is 12.4. The first-order valence-electron chi connectivity index (χ1n) is 6.83. The molecule has 1 heterocycles. The van der Waals surface area contributed by atoms with Crippen LogP contribution in [0.5, 0.6) is 0 Å². The van der Waals surface area contributed by atoms with Crippen molar-refractivity contribution in [3.63, 3.8) is 0 Å². The number of nitrogens with one attached hydrogen (secondary N) is 1. The Hall–Kier alpha value is -1.59. The summed E-state index contributed by atoms with van der Waals surface area (Å²) in [5, 5.41) is 13.5. The molecule has 1 saturated heterocycles. The van der Waals surface area contributed by atoms with Gasteiger partial charge in [0.25, 0.3) is 5.91 Å². The van der Waals surface area contributed by atoms with Crippen LogP contribution in [0.15, 0.2) is 24.3 Å². The topological polar surface area (TPSA) is 69.6 Å². The molecule has 0 unspecified atom stereocenters. The summed E-state index contributed by atoms with van der Waals surface area (Å²) < 4.78 is 0. The van der Waals surface area contributed by atoms with E-state index in [4.69, 9.17) is 11.6 Å². The molecule has 5 nitrogen and oxygen atoms in total. The molecule has 21 heavy (non-hydrogen) atoms. The Bertz CT molecular complexity index is 559. The number of amides is 3. The summed E-state index contributed by atoms with van der Waals surface area (Å²) in [4.78, 5) is 25.5. The molecule has 0 aliphatic carbocycles. The Morgan fingerprint density at radius 1 is 1.29 bits per heavy atom. The van der Waals surface area contributed by atoms with Crippen LogP contribution in [-0.2, 0) is 4.79 Å². The minimum atomic E-state index is -0.938. The largest absolute Gasteiger partial charge is 0.387 e. The molecule has 1 aromatic carbocycles. The van der Waals surface area contributed by atoms with E-state index in [-0.39, 0.29) is 18.4 Å². The monoisotopic (exact) mass is 310 g/mol. The summed E-state index contributed by atoms with van der Waals surface area (Å²) in [6, 6.07) is 6.19. The number of rotatable bonds is 4. The summed E-state index contributed by atoms with van der Waals surface area (Å²) in [6.07, 6.45) is -0.938. The van der Waals surface area contributed by atoms with Crippen molar-refractivity contribution in [3.8, 4) is 0 Å². The van der Waals surface area contributed by atoms with Gasteiger partial charge >= 0.3 is 6.03 Å². The number of aliphatic hydroxyl groups is 1. The van der Waals surface area contributed by atoms with Crippen LogP contribution in [0.3, 0.4) is 0 Å². The van der Waals surface area contributed by atoms with Gasteiger partial charge in [-0.25, -0.2) is 4.79 Å². The lowest BCUT2D eigenvalue weighted by Gasteiger charge is -2.26. The molecule has 1 aromatic rings. The van der Waals surface area contributed by atoms with Gasteiger partial charge in [-0.05, 0) is 30.5 Å². The Kier molecular flexibility index (Phi) is 4.25. The predicted molar refractivity (Wildman–Crippen MR) is 79.9 cm³/mol. The van der Waals surface area contributed by atoms with Crippen molar-refractivity contribution in [1.29, 1.82) is 0 Å². The van der Waals surface area contributed by atoms with Gasteiger partial charge in [0.1, 0.15) is 5.54 Å². The molecule has 0 aromatic heterocycles. The van der Waals surface area contributed by atoms with Gasteiger partial charge in [-0.15, -0.1) is 0 Å². The molecule has 2 rings (SSSR count). The van der Waals surface area contributed by atoms with Gasteiger partial charge in [-0.1, -0.05) is 37.6 Å². The minimum Gasteiger partial charge on any atom is -0.387 e. The summed E-state index contributed by atoms with van der Waals surface area (Å²) in [5.41, 5.74) is -0.310. The highest BCUT2D eigenvalue weighted by molar-refractivity contribution is 6.30. The van der Waals surface area contributed by atoms with Gasteiger partial charge < -0.3 is 10.4 Å². The average molecular weight is 311 g/mol. The van der Waals surface area contributed by atoms with Crippen molar-refractivity contribution < 1.29 is 14.7 Å². The lowest BCUT2D eigenvalue weighted by atomic mass is 9.88. The normalized spacial score (nSPS) is 23.6. The predicted octanol–water partition coefficient (Wildman–Crippen LogP) is 2.34. The van der Waals surface area contributed by atoms with Crippen molar-refractivity contribution >= 4 is 23.5 Å². The number of imide groups is 1. The lowest BCUT2D eigenvalue weighted by Crippen LogP contribution is -2.48. The zero-order valence-corrected chi connectivity index (χ0v) is 13.0. The average Bonchev–Trinajstić information content (AvgIpc) is 2.64. The van der Waals surface area contributed by atoms with Gasteiger partial charge in [0.2, 0.25) is 0 Å². The Balaban J connectivity index is 2.14. The van der Waals surface area contributed by atoms with Crippen molar-refractivity contribution in [2.75, 3.05) is 6.54 Å². The van der Waals surface area contributed by atoms with Gasteiger partial charge in [0.15, 0.2) is 0 Å². The highest BCUT2D eigenvalue weighted by atomic mass is 35.5. The van der Waals surface area contributed by atoms with Crippen LogP contribution in [0.2, 0.25) is 5.02 Å². The van der Waals surface area contributed by atoms with Gasteiger partial charge in [-0.3, -0.25) is 9.69 Å². The molecule has 6 heteroatoms. The van der Waals surface area contributed by atoms with Crippen LogP contribution in [0.1, 0.15) is 32.4 Å². The zero-order valence-electron chi connectivity index (χ0n) is 12.3. The number of urea groups is 1. The fraction of sp³-hybridized carbons (Fsp3) is 0.467. The quantitative estimate of drug-likeness (QED) is 0.839. The first kappa shape index (κ1) is 15.8. The molecular weight excluding hydrogens is 292 g/mol. The molecular formula is C15H19ClN2O3. The third-order valence-corrected chi connectivity index (χ3v) is 4.32. The van der Waals surface area contributed by atoms with Gasteiger partial charge in [0, 0.05) is 5.02 Å².